The summed E-state index contributed by atoms with van der Waals surface area (Å²) in [5.74, 6) is -0.694. The molecule has 1 amide bonds. The molecular weight excluding hydrogens is 561 g/mol. The molecule has 0 saturated carbocycles. The summed E-state index contributed by atoms with van der Waals surface area (Å²) in [6.07, 6.45) is 0.428. The number of hydrogen-bond acceptors (Lipinski definition) is 8. The molecule has 1 heterocycles. The lowest BCUT2D eigenvalue weighted by molar-refractivity contribution is 0.0146. The fourth-order valence-corrected chi connectivity index (χ4v) is 6.89. The lowest BCUT2D eigenvalue weighted by Gasteiger charge is -2.38. The van der Waals surface area contributed by atoms with E-state index in [0.717, 1.165) is 11.8 Å². The van der Waals surface area contributed by atoms with Crippen molar-refractivity contribution in [2.45, 2.75) is 95.7 Å². The zero-order valence-corrected chi connectivity index (χ0v) is 27.5. The summed E-state index contributed by atoms with van der Waals surface area (Å²) >= 11 is 0. The molecule has 3 atom stereocenters. The minimum absolute atomic E-state index is 0.0652. The Hall–Kier alpha value is -1.51. The molecule has 0 bridgehead atoms. The second-order valence-electron chi connectivity index (χ2n) is 12.8. The van der Waals surface area contributed by atoms with Crippen LogP contribution in [0.25, 0.3) is 0 Å². The highest BCUT2D eigenvalue weighted by Gasteiger charge is 2.46. The molecule has 1 N–H and O–H groups in total. The number of benzene rings is 1. The van der Waals surface area contributed by atoms with Gasteiger partial charge in [-0.15, -0.1) is 0 Å². The van der Waals surface area contributed by atoms with Crippen molar-refractivity contribution in [1.82, 2.24) is 9.62 Å². The zero-order chi connectivity index (χ0) is 30.0. The van der Waals surface area contributed by atoms with Gasteiger partial charge in [-0.2, -0.15) is 8.42 Å². The van der Waals surface area contributed by atoms with E-state index in [4.69, 9.17) is 13.3 Å². The molecule has 13 heteroatoms. The van der Waals surface area contributed by atoms with Crippen LogP contribution in [-0.4, -0.2) is 79.8 Å². The lowest BCUT2D eigenvalue weighted by Crippen LogP contribution is -2.47. The quantitative estimate of drug-likeness (QED) is 0.309. The number of likely N-dealkylation sites (tertiary alicyclic amines) is 1. The first kappa shape index (κ1) is 33.7. The second kappa shape index (κ2) is 12.2. The topological polar surface area (TPSA) is 128 Å². The molecule has 1 aliphatic heterocycles. The van der Waals surface area contributed by atoms with Crippen LogP contribution in [0, 0.1) is 12.8 Å². The highest BCUT2D eigenvalue weighted by molar-refractivity contribution is 7.89. The number of carbonyl (C=O) groups is 1. The molecule has 1 aliphatic rings. The van der Waals surface area contributed by atoms with E-state index in [0.29, 0.717) is 6.42 Å². The van der Waals surface area contributed by atoms with Gasteiger partial charge in [0.15, 0.2) is 8.32 Å². The van der Waals surface area contributed by atoms with Gasteiger partial charge in [0, 0.05) is 25.0 Å². The molecule has 0 aliphatic carbocycles. The predicted molar refractivity (Wildman–Crippen MR) is 154 cm³/mol. The molecular formula is C26H46N2O8S2Si. The van der Waals surface area contributed by atoms with E-state index in [2.05, 4.69) is 38.6 Å². The second-order valence-corrected chi connectivity index (χ2v) is 21.0. The SMILES string of the molecule is Cc1ccc(S(=O)(=O)NCC(COS(C)(=O)=O)[C@@H]2C[C@@H](O[Si](C)(C)C(C)(C)C)CN2C(=O)OC(C)(C)C)cc1. The van der Waals surface area contributed by atoms with E-state index in [1.54, 1.807) is 32.9 Å². The number of rotatable bonds is 10. The van der Waals surface area contributed by atoms with Crippen molar-refractivity contribution in [2.24, 2.45) is 5.92 Å². The van der Waals surface area contributed by atoms with Crippen LogP contribution in [0.4, 0.5) is 4.79 Å². The van der Waals surface area contributed by atoms with Gasteiger partial charge in [0.1, 0.15) is 5.60 Å². The first-order valence-electron chi connectivity index (χ1n) is 13.1. The minimum atomic E-state index is -3.90. The molecule has 1 fully saturated rings. The Morgan fingerprint density at radius 2 is 1.64 bits per heavy atom. The summed E-state index contributed by atoms with van der Waals surface area (Å²) in [5.41, 5.74) is 0.159. The molecule has 39 heavy (non-hydrogen) atoms. The summed E-state index contributed by atoms with van der Waals surface area (Å²) in [6.45, 7) is 17.5. The van der Waals surface area contributed by atoms with Crippen LogP contribution in [0.15, 0.2) is 29.2 Å². The fourth-order valence-electron chi connectivity index (χ4n) is 4.02. The summed E-state index contributed by atoms with van der Waals surface area (Å²) in [5, 5.41) is -0.0652. The number of sulfonamides is 1. The van der Waals surface area contributed by atoms with Crippen LogP contribution in [0.5, 0.6) is 0 Å². The van der Waals surface area contributed by atoms with Crippen LogP contribution in [0.3, 0.4) is 0 Å². The first-order chi connectivity index (χ1) is 17.5. The van der Waals surface area contributed by atoms with Crippen LogP contribution in [0.1, 0.15) is 53.5 Å². The van der Waals surface area contributed by atoms with Gasteiger partial charge in [0.25, 0.3) is 10.1 Å². The number of carbonyl (C=O) groups excluding carboxylic acids is 1. The smallest absolute Gasteiger partial charge is 0.410 e. The van der Waals surface area contributed by atoms with Crippen molar-refractivity contribution in [3.63, 3.8) is 0 Å². The summed E-state index contributed by atoms with van der Waals surface area (Å²) in [7, 11) is -9.93. The summed E-state index contributed by atoms with van der Waals surface area (Å²) in [6, 6.07) is 5.82. The molecule has 0 aromatic heterocycles. The Balaban J connectivity index is 2.39. The van der Waals surface area contributed by atoms with E-state index in [9.17, 15) is 21.6 Å². The third-order valence-electron chi connectivity index (χ3n) is 7.11. The summed E-state index contributed by atoms with van der Waals surface area (Å²) < 4.78 is 69.8. The van der Waals surface area contributed by atoms with Crippen molar-refractivity contribution >= 4 is 34.6 Å². The average Bonchev–Trinajstić information content (AvgIpc) is 3.14. The van der Waals surface area contributed by atoms with Crippen LogP contribution in [0.2, 0.25) is 18.1 Å². The highest BCUT2D eigenvalue weighted by atomic mass is 32.2. The third-order valence-corrected chi connectivity index (χ3v) is 13.6. The molecule has 1 aromatic carbocycles. The Labute approximate surface area is 236 Å². The number of nitrogens with one attached hydrogen (secondary N) is 1. The molecule has 1 aromatic rings. The van der Waals surface area contributed by atoms with E-state index in [-0.39, 0.29) is 35.7 Å². The van der Waals surface area contributed by atoms with Gasteiger partial charge in [-0.25, -0.2) is 17.9 Å². The Kier molecular flexibility index (Phi) is 10.5. The van der Waals surface area contributed by atoms with Crippen LogP contribution >= 0.6 is 0 Å². The van der Waals surface area contributed by atoms with Gasteiger partial charge in [-0.05, 0) is 64.4 Å². The van der Waals surface area contributed by atoms with Gasteiger partial charge in [-0.1, -0.05) is 38.5 Å². The van der Waals surface area contributed by atoms with E-state index >= 15 is 0 Å². The van der Waals surface area contributed by atoms with Crippen LogP contribution in [-0.2, 0) is 33.5 Å². The Bertz CT molecular complexity index is 1200. The van der Waals surface area contributed by atoms with Gasteiger partial charge in [0.05, 0.1) is 23.9 Å². The maximum Gasteiger partial charge on any atom is 0.410 e. The number of aryl methyl sites for hydroxylation is 1. The number of amides is 1. The van der Waals surface area contributed by atoms with Crippen molar-refractivity contribution in [2.75, 3.05) is 26.0 Å². The third kappa shape index (κ3) is 10.1. The Morgan fingerprint density at radius 1 is 1.08 bits per heavy atom. The molecule has 1 unspecified atom stereocenters. The largest absolute Gasteiger partial charge is 0.444 e. The van der Waals surface area contributed by atoms with E-state index in [1.165, 1.54) is 17.0 Å². The zero-order valence-electron chi connectivity index (χ0n) is 24.9. The van der Waals surface area contributed by atoms with Crippen molar-refractivity contribution in [3.05, 3.63) is 29.8 Å². The average molecular weight is 607 g/mol. The monoisotopic (exact) mass is 606 g/mol. The fraction of sp³-hybridized carbons (Fsp3) is 0.731. The van der Waals surface area contributed by atoms with Crippen molar-refractivity contribution < 1.29 is 35.0 Å². The molecule has 224 valence electrons. The summed E-state index contributed by atoms with van der Waals surface area (Å²) in [4.78, 5) is 14.9. The van der Waals surface area contributed by atoms with Crippen LogP contribution < -0.4 is 4.72 Å². The number of ether oxygens (including phenoxy) is 1. The molecule has 2 rings (SSSR count). The van der Waals surface area contributed by atoms with Gasteiger partial charge >= 0.3 is 6.09 Å². The maximum atomic E-state index is 13.3. The predicted octanol–water partition coefficient (Wildman–Crippen LogP) is 4.27. The first-order valence-corrected chi connectivity index (χ1v) is 19.3. The van der Waals surface area contributed by atoms with Gasteiger partial charge in [0.2, 0.25) is 10.0 Å². The van der Waals surface area contributed by atoms with E-state index < -0.39 is 52.1 Å². The van der Waals surface area contributed by atoms with Crippen molar-refractivity contribution in [1.29, 1.82) is 0 Å². The highest BCUT2D eigenvalue weighted by Crippen LogP contribution is 2.40. The number of hydrogen-bond donors (Lipinski definition) is 1. The standard InChI is InChI=1S/C26H46N2O8S2Si/c1-19-11-13-22(14-12-19)38(32,33)27-16-20(18-34-37(8,30)31)23-15-21(36-39(9,10)26(5,6)7)17-28(23)24(29)35-25(2,3)4/h11-14,20-21,23,27H,15-18H2,1-10H3/t20?,21-,23+/m1/s1. The Morgan fingerprint density at radius 3 is 2.13 bits per heavy atom. The number of nitrogens with zero attached hydrogens (tertiary/aromatic N) is 1. The minimum Gasteiger partial charge on any atom is -0.444 e. The van der Waals surface area contributed by atoms with Gasteiger partial charge < -0.3 is 14.1 Å². The molecule has 10 nitrogen and oxygen atoms in total. The maximum absolute atomic E-state index is 13.3. The van der Waals surface area contributed by atoms with E-state index in [1.807, 2.05) is 6.92 Å². The van der Waals surface area contributed by atoms with Crippen molar-refractivity contribution in [3.8, 4) is 0 Å². The van der Waals surface area contributed by atoms with Gasteiger partial charge in [-0.3, -0.25) is 4.18 Å². The lowest BCUT2D eigenvalue weighted by atomic mass is 9.98. The molecule has 0 radical (unpaired) electrons. The molecule has 1 saturated heterocycles. The molecule has 0 spiro atoms. The normalized spacial score (nSPS) is 20.2.